The van der Waals surface area contributed by atoms with Crippen LogP contribution in [0.1, 0.15) is 0 Å². The lowest BCUT2D eigenvalue weighted by atomic mass is 10.2. The minimum atomic E-state index is -2.10. The molecule has 0 aliphatic heterocycles. The van der Waals surface area contributed by atoms with Crippen molar-refractivity contribution < 1.29 is 18.2 Å². The fraction of sp³-hybridized carbons (Fsp3) is 0.0667. The van der Waals surface area contributed by atoms with Crippen LogP contribution in [-0.4, -0.2) is 25.8 Å². The molecule has 23 heavy (non-hydrogen) atoms. The Bertz CT molecular complexity index is 855. The molecule has 0 spiro atoms. The van der Waals surface area contributed by atoms with Crippen LogP contribution in [0.5, 0.6) is 17.4 Å². The van der Waals surface area contributed by atoms with Crippen molar-refractivity contribution in [3.63, 3.8) is 0 Å². The number of hydrogen-bond donors (Lipinski definition) is 2. The van der Waals surface area contributed by atoms with Gasteiger partial charge in [-0.25, -0.2) is 9.19 Å². The lowest BCUT2D eigenvalue weighted by molar-refractivity contribution is 0.398. The Hall–Kier alpha value is -2.71. The predicted molar refractivity (Wildman–Crippen MR) is 87.0 cm³/mol. The van der Waals surface area contributed by atoms with Crippen LogP contribution in [0.4, 0.5) is 5.69 Å². The second kappa shape index (κ2) is 6.59. The second-order valence-corrected chi connectivity index (χ2v) is 5.23. The number of nitrogens with one attached hydrogen (secondary N) is 1. The topological polar surface area (TPSA) is 93.6 Å². The third kappa shape index (κ3) is 3.55. The fourth-order valence-corrected chi connectivity index (χ4v) is 2.36. The highest BCUT2D eigenvalue weighted by atomic mass is 32.2. The van der Waals surface area contributed by atoms with E-state index < -0.39 is 11.3 Å². The Morgan fingerprint density at radius 3 is 2.65 bits per heavy atom. The van der Waals surface area contributed by atoms with Gasteiger partial charge >= 0.3 is 0 Å². The first-order valence-corrected chi connectivity index (χ1v) is 7.70. The highest BCUT2D eigenvalue weighted by Crippen LogP contribution is 2.30. The summed E-state index contributed by atoms with van der Waals surface area (Å²) >= 11 is -2.10. The summed E-state index contributed by atoms with van der Waals surface area (Å²) < 4.78 is 32.8. The Kier molecular flexibility index (Phi) is 4.35. The summed E-state index contributed by atoms with van der Waals surface area (Å²) in [7, 11) is 1.55. The van der Waals surface area contributed by atoms with Gasteiger partial charge in [0, 0.05) is 24.1 Å². The van der Waals surface area contributed by atoms with Crippen molar-refractivity contribution in [3.05, 3.63) is 48.8 Å². The molecule has 0 aliphatic carbocycles. The molecule has 0 aliphatic rings. The molecule has 2 aromatic heterocycles. The molecule has 118 valence electrons. The molecule has 0 radical (unpaired) electrons. The van der Waals surface area contributed by atoms with Gasteiger partial charge in [0.05, 0.1) is 18.0 Å². The maximum absolute atomic E-state index is 10.7. The number of anilines is 1. The molecule has 3 rings (SSSR count). The molecule has 1 atom stereocenters. The third-order valence-corrected chi connectivity index (χ3v) is 3.47. The zero-order valence-corrected chi connectivity index (χ0v) is 12.9. The molecular weight excluding hydrogens is 318 g/mol. The van der Waals surface area contributed by atoms with Gasteiger partial charge in [-0.15, -0.1) is 0 Å². The first kappa shape index (κ1) is 15.2. The number of ether oxygens (including phenoxy) is 2. The van der Waals surface area contributed by atoms with Crippen LogP contribution in [0.2, 0.25) is 0 Å². The molecule has 0 saturated carbocycles. The van der Waals surface area contributed by atoms with Gasteiger partial charge in [0.1, 0.15) is 11.5 Å². The van der Waals surface area contributed by atoms with Crippen molar-refractivity contribution in [1.82, 2.24) is 9.97 Å². The van der Waals surface area contributed by atoms with Crippen LogP contribution in [0.15, 0.2) is 48.8 Å². The fourth-order valence-electron chi connectivity index (χ4n) is 2.02. The lowest BCUT2D eigenvalue weighted by Gasteiger charge is -2.09. The van der Waals surface area contributed by atoms with Gasteiger partial charge in [0.2, 0.25) is 5.88 Å². The maximum Gasteiger partial charge on any atom is 0.259 e. The minimum absolute atomic E-state index is 0.481. The summed E-state index contributed by atoms with van der Waals surface area (Å²) in [5, 5.41) is 0.756. The van der Waals surface area contributed by atoms with Gasteiger partial charge < -0.3 is 9.47 Å². The van der Waals surface area contributed by atoms with Crippen LogP contribution >= 0.6 is 0 Å². The molecule has 0 fully saturated rings. The van der Waals surface area contributed by atoms with Crippen molar-refractivity contribution in [1.29, 1.82) is 0 Å². The molecule has 2 heterocycles. The number of methoxy groups -OCH3 is 1. The second-order valence-electron chi connectivity index (χ2n) is 4.53. The van der Waals surface area contributed by atoms with Crippen LogP contribution in [0.25, 0.3) is 10.9 Å². The summed E-state index contributed by atoms with van der Waals surface area (Å²) in [6.07, 6.45) is 3.28. The van der Waals surface area contributed by atoms with Crippen molar-refractivity contribution in [3.8, 4) is 17.4 Å². The molecule has 2 N–H and O–H groups in total. The average molecular weight is 331 g/mol. The normalized spacial score (nSPS) is 11.9. The zero-order chi connectivity index (χ0) is 16.2. The van der Waals surface area contributed by atoms with Gasteiger partial charge in [-0.1, -0.05) is 0 Å². The summed E-state index contributed by atoms with van der Waals surface area (Å²) in [6.45, 7) is 0. The Morgan fingerprint density at radius 1 is 1.17 bits per heavy atom. The van der Waals surface area contributed by atoms with E-state index in [2.05, 4.69) is 14.7 Å². The molecular formula is C15H13N3O4S. The smallest absolute Gasteiger partial charge is 0.259 e. The van der Waals surface area contributed by atoms with Crippen molar-refractivity contribution in [2.24, 2.45) is 0 Å². The van der Waals surface area contributed by atoms with E-state index in [9.17, 15) is 4.21 Å². The number of rotatable bonds is 5. The van der Waals surface area contributed by atoms with Crippen LogP contribution in [-0.2, 0) is 11.3 Å². The molecule has 8 heteroatoms. The van der Waals surface area contributed by atoms with Crippen LogP contribution < -0.4 is 14.2 Å². The first-order chi connectivity index (χ1) is 11.2. The number of benzene rings is 1. The summed E-state index contributed by atoms with van der Waals surface area (Å²) in [5.74, 6) is 1.67. The van der Waals surface area contributed by atoms with Gasteiger partial charge in [-0.05, 0) is 30.3 Å². The Balaban J connectivity index is 1.87. The van der Waals surface area contributed by atoms with E-state index in [1.165, 1.54) is 0 Å². The van der Waals surface area contributed by atoms with Crippen LogP contribution in [0, 0.1) is 0 Å². The number of nitrogens with zero attached hydrogens (tertiary/aromatic N) is 2. The van der Waals surface area contributed by atoms with E-state index in [-0.39, 0.29) is 0 Å². The maximum atomic E-state index is 10.7. The molecule has 0 saturated heterocycles. The highest BCUT2D eigenvalue weighted by molar-refractivity contribution is 7.80. The van der Waals surface area contributed by atoms with E-state index in [0.717, 1.165) is 5.39 Å². The molecule has 7 nitrogen and oxygen atoms in total. The summed E-state index contributed by atoms with van der Waals surface area (Å²) in [4.78, 5) is 8.43. The van der Waals surface area contributed by atoms with E-state index >= 15 is 0 Å². The van der Waals surface area contributed by atoms with Gasteiger partial charge in [-0.2, -0.15) is 0 Å². The van der Waals surface area contributed by atoms with Gasteiger partial charge in [0.15, 0.2) is 0 Å². The number of aromatic nitrogens is 2. The Labute approximate surface area is 134 Å². The molecule has 0 bridgehead atoms. The summed E-state index contributed by atoms with van der Waals surface area (Å²) in [5.41, 5.74) is 1.23. The van der Waals surface area contributed by atoms with E-state index in [1.807, 2.05) is 0 Å². The molecule has 0 amide bonds. The average Bonchev–Trinajstić information content (AvgIpc) is 2.56. The molecule has 1 unspecified atom stereocenters. The van der Waals surface area contributed by atoms with Crippen molar-refractivity contribution >= 4 is 27.9 Å². The SMILES string of the molecule is COc1cc2nccc(Oc3ccc(NS(=O)O)cc3)c2cn1. The third-order valence-electron chi connectivity index (χ3n) is 3.06. The monoisotopic (exact) mass is 331 g/mol. The van der Waals surface area contributed by atoms with Gasteiger partial charge in [-0.3, -0.25) is 14.3 Å². The summed E-state index contributed by atoms with van der Waals surface area (Å²) in [6, 6.07) is 10.1. The number of fused-ring (bicyclic) bond motifs is 1. The molecule has 1 aromatic carbocycles. The quantitative estimate of drug-likeness (QED) is 0.698. The predicted octanol–water partition coefficient (Wildman–Crippen LogP) is 2.98. The van der Waals surface area contributed by atoms with E-state index in [1.54, 1.807) is 55.9 Å². The largest absolute Gasteiger partial charge is 0.481 e. The number of hydrogen-bond acceptors (Lipinski definition) is 5. The zero-order valence-electron chi connectivity index (χ0n) is 12.1. The molecule has 3 aromatic rings. The van der Waals surface area contributed by atoms with Crippen molar-refractivity contribution in [2.45, 2.75) is 0 Å². The standard InChI is InChI=1S/C15H13N3O4S/c1-21-15-8-13-12(9-17-15)14(6-7-16-13)22-11-4-2-10(3-5-11)18-23(19)20/h2-9,18H,1H3,(H,19,20). The van der Waals surface area contributed by atoms with E-state index in [4.69, 9.17) is 14.0 Å². The highest BCUT2D eigenvalue weighted by Gasteiger charge is 2.07. The Morgan fingerprint density at radius 2 is 1.96 bits per heavy atom. The first-order valence-electron chi connectivity index (χ1n) is 6.60. The van der Waals surface area contributed by atoms with Crippen LogP contribution in [0.3, 0.4) is 0 Å². The van der Waals surface area contributed by atoms with Gasteiger partial charge in [0.25, 0.3) is 11.3 Å². The van der Waals surface area contributed by atoms with Crippen molar-refractivity contribution in [2.75, 3.05) is 11.8 Å². The lowest BCUT2D eigenvalue weighted by Crippen LogP contribution is -2.01. The number of pyridine rings is 2. The van der Waals surface area contributed by atoms with E-state index in [0.29, 0.717) is 28.6 Å². The minimum Gasteiger partial charge on any atom is -0.481 e.